The second-order valence-corrected chi connectivity index (χ2v) is 6.59. The molecule has 1 aromatic rings. The number of fused-ring (bicyclic) bond motifs is 1. The van der Waals surface area contributed by atoms with Crippen molar-refractivity contribution in [3.63, 3.8) is 0 Å². The topological polar surface area (TPSA) is 29.1 Å². The summed E-state index contributed by atoms with van der Waals surface area (Å²) >= 11 is 1.64. The summed E-state index contributed by atoms with van der Waals surface area (Å²) in [5, 5.41) is 2.93. The summed E-state index contributed by atoms with van der Waals surface area (Å²) in [5.41, 5.74) is 2.41. The van der Waals surface area contributed by atoms with Crippen LogP contribution in [0.3, 0.4) is 0 Å². The number of anilines is 1. The van der Waals surface area contributed by atoms with Gasteiger partial charge in [0.05, 0.1) is 10.9 Å². The van der Waals surface area contributed by atoms with E-state index in [0.29, 0.717) is 0 Å². The molecule has 0 spiro atoms. The molecule has 0 aromatic heterocycles. The molecule has 16 heavy (non-hydrogen) atoms. The Kier molecular flexibility index (Phi) is 2.74. The van der Waals surface area contributed by atoms with Crippen LogP contribution in [0.4, 0.5) is 5.69 Å². The van der Waals surface area contributed by atoms with Gasteiger partial charge in [-0.15, -0.1) is 11.8 Å². The van der Waals surface area contributed by atoms with Crippen molar-refractivity contribution in [1.82, 2.24) is 0 Å². The molecule has 0 saturated carbocycles. The van der Waals surface area contributed by atoms with E-state index >= 15 is 0 Å². The SMILES string of the molecule is CC1Sc2cc(C(C)(C)C)ccc2NC1=O. The number of hydrogen-bond acceptors (Lipinski definition) is 2. The lowest BCUT2D eigenvalue weighted by Gasteiger charge is -2.25. The lowest BCUT2D eigenvalue weighted by atomic mass is 9.87. The molecule has 1 aromatic carbocycles. The summed E-state index contributed by atoms with van der Waals surface area (Å²) in [6.07, 6.45) is 0. The molecule has 0 bridgehead atoms. The highest BCUT2D eigenvalue weighted by Gasteiger charge is 2.24. The summed E-state index contributed by atoms with van der Waals surface area (Å²) in [4.78, 5) is 12.7. The van der Waals surface area contributed by atoms with E-state index in [0.717, 1.165) is 5.69 Å². The first-order valence-corrected chi connectivity index (χ1v) is 6.38. The molecule has 1 atom stereocenters. The number of thioether (sulfide) groups is 1. The molecule has 2 nitrogen and oxygen atoms in total. The Balaban J connectivity index is 2.40. The Labute approximate surface area is 101 Å². The molecule has 1 aliphatic rings. The van der Waals surface area contributed by atoms with Gasteiger partial charge in [0, 0.05) is 4.90 Å². The highest BCUT2D eigenvalue weighted by molar-refractivity contribution is 8.00. The molecule has 1 aliphatic heterocycles. The normalized spacial score (nSPS) is 20.2. The van der Waals surface area contributed by atoms with E-state index in [9.17, 15) is 4.79 Å². The highest BCUT2D eigenvalue weighted by Crippen LogP contribution is 2.38. The van der Waals surface area contributed by atoms with Crippen molar-refractivity contribution in [2.45, 2.75) is 43.3 Å². The van der Waals surface area contributed by atoms with Crippen LogP contribution < -0.4 is 5.32 Å². The maximum atomic E-state index is 11.5. The van der Waals surface area contributed by atoms with Gasteiger partial charge >= 0.3 is 0 Å². The van der Waals surface area contributed by atoms with Crippen molar-refractivity contribution in [1.29, 1.82) is 0 Å². The van der Waals surface area contributed by atoms with Gasteiger partial charge in [0.25, 0.3) is 0 Å². The van der Waals surface area contributed by atoms with E-state index in [2.05, 4.69) is 38.2 Å². The fourth-order valence-electron chi connectivity index (χ4n) is 1.67. The van der Waals surface area contributed by atoms with Crippen LogP contribution in [-0.2, 0) is 10.2 Å². The second-order valence-electron chi connectivity index (χ2n) is 5.21. The van der Waals surface area contributed by atoms with E-state index in [1.807, 2.05) is 13.0 Å². The standard InChI is InChI=1S/C13H17NOS/c1-8-12(15)14-10-6-5-9(13(2,3)4)7-11(10)16-8/h5-8H,1-4H3,(H,14,15). The smallest absolute Gasteiger partial charge is 0.237 e. The third kappa shape index (κ3) is 2.09. The fourth-order valence-corrected chi connectivity index (χ4v) is 2.66. The number of nitrogens with one attached hydrogen (secondary N) is 1. The molecule has 1 amide bonds. The van der Waals surface area contributed by atoms with Gasteiger partial charge in [-0.3, -0.25) is 4.79 Å². The van der Waals surface area contributed by atoms with Crippen LogP contribution in [0.15, 0.2) is 23.1 Å². The third-order valence-corrected chi connectivity index (χ3v) is 3.94. The Hall–Kier alpha value is -0.960. The van der Waals surface area contributed by atoms with E-state index in [-0.39, 0.29) is 16.6 Å². The zero-order valence-electron chi connectivity index (χ0n) is 10.1. The quantitative estimate of drug-likeness (QED) is 0.746. The first-order chi connectivity index (χ1) is 7.38. The van der Waals surface area contributed by atoms with Gasteiger partial charge in [0.1, 0.15) is 0 Å². The van der Waals surface area contributed by atoms with Crippen LogP contribution in [0, 0.1) is 0 Å². The van der Waals surface area contributed by atoms with Crippen molar-refractivity contribution in [2.24, 2.45) is 0 Å². The summed E-state index contributed by atoms with van der Waals surface area (Å²) < 4.78 is 0. The number of amides is 1. The van der Waals surface area contributed by atoms with Crippen LogP contribution in [0.2, 0.25) is 0 Å². The zero-order chi connectivity index (χ0) is 11.9. The lowest BCUT2D eigenvalue weighted by Crippen LogP contribution is -2.26. The van der Waals surface area contributed by atoms with Crippen molar-refractivity contribution in [2.75, 3.05) is 5.32 Å². The van der Waals surface area contributed by atoms with Gasteiger partial charge in [0.2, 0.25) is 5.91 Å². The number of benzene rings is 1. The van der Waals surface area contributed by atoms with Crippen LogP contribution >= 0.6 is 11.8 Å². The van der Waals surface area contributed by atoms with Crippen LogP contribution in [0.1, 0.15) is 33.3 Å². The molecule has 1 N–H and O–H groups in total. The maximum absolute atomic E-state index is 11.5. The van der Waals surface area contributed by atoms with Gasteiger partial charge in [-0.25, -0.2) is 0 Å². The molecule has 86 valence electrons. The van der Waals surface area contributed by atoms with Gasteiger partial charge in [0.15, 0.2) is 0 Å². The van der Waals surface area contributed by atoms with Crippen molar-refractivity contribution < 1.29 is 4.79 Å². The minimum Gasteiger partial charge on any atom is -0.324 e. The molecule has 3 heteroatoms. The van der Waals surface area contributed by atoms with E-state index in [4.69, 9.17) is 0 Å². The first kappa shape index (κ1) is 11.5. The minimum absolute atomic E-state index is 0.00252. The summed E-state index contributed by atoms with van der Waals surface area (Å²) in [6.45, 7) is 8.53. The van der Waals surface area contributed by atoms with E-state index < -0.39 is 0 Å². The molecule has 2 rings (SSSR count). The predicted molar refractivity (Wildman–Crippen MR) is 69.1 cm³/mol. The van der Waals surface area contributed by atoms with E-state index in [1.54, 1.807) is 11.8 Å². The zero-order valence-corrected chi connectivity index (χ0v) is 10.9. The minimum atomic E-state index is 0.00252. The maximum Gasteiger partial charge on any atom is 0.237 e. The van der Waals surface area contributed by atoms with Gasteiger partial charge in [-0.1, -0.05) is 26.8 Å². The van der Waals surface area contributed by atoms with Crippen LogP contribution in [0.5, 0.6) is 0 Å². The van der Waals surface area contributed by atoms with Crippen molar-refractivity contribution >= 4 is 23.4 Å². The van der Waals surface area contributed by atoms with Crippen LogP contribution in [0.25, 0.3) is 0 Å². The monoisotopic (exact) mass is 235 g/mol. The van der Waals surface area contributed by atoms with Gasteiger partial charge in [-0.05, 0) is 30.0 Å². The second kappa shape index (κ2) is 3.81. The number of rotatable bonds is 0. The lowest BCUT2D eigenvalue weighted by molar-refractivity contribution is -0.115. The average molecular weight is 235 g/mol. The first-order valence-electron chi connectivity index (χ1n) is 5.50. The fraction of sp³-hybridized carbons (Fsp3) is 0.462. The number of carbonyl (C=O) groups is 1. The molecular formula is C13H17NOS. The molecule has 0 saturated heterocycles. The molecule has 1 heterocycles. The molecular weight excluding hydrogens is 218 g/mol. The number of carbonyl (C=O) groups excluding carboxylic acids is 1. The van der Waals surface area contributed by atoms with Crippen molar-refractivity contribution in [3.8, 4) is 0 Å². The molecule has 0 aliphatic carbocycles. The molecule has 0 radical (unpaired) electrons. The van der Waals surface area contributed by atoms with Gasteiger partial charge in [-0.2, -0.15) is 0 Å². The summed E-state index contributed by atoms with van der Waals surface area (Å²) in [6, 6.07) is 6.29. The Bertz CT molecular complexity index is 434. The highest BCUT2D eigenvalue weighted by atomic mass is 32.2. The average Bonchev–Trinajstić information content (AvgIpc) is 2.17. The largest absolute Gasteiger partial charge is 0.324 e. The van der Waals surface area contributed by atoms with Crippen LogP contribution in [-0.4, -0.2) is 11.2 Å². The predicted octanol–water partition coefficient (Wildman–Crippen LogP) is 3.42. The van der Waals surface area contributed by atoms with E-state index in [1.165, 1.54) is 10.5 Å². The summed E-state index contributed by atoms with van der Waals surface area (Å²) in [5.74, 6) is 0.0982. The Morgan fingerprint density at radius 3 is 2.62 bits per heavy atom. The molecule has 0 fully saturated rings. The molecule has 1 unspecified atom stereocenters. The summed E-state index contributed by atoms with van der Waals surface area (Å²) in [7, 11) is 0. The van der Waals surface area contributed by atoms with Crippen molar-refractivity contribution in [3.05, 3.63) is 23.8 Å². The third-order valence-electron chi connectivity index (χ3n) is 2.78. The Morgan fingerprint density at radius 2 is 2.00 bits per heavy atom. The Morgan fingerprint density at radius 1 is 1.31 bits per heavy atom. The van der Waals surface area contributed by atoms with Gasteiger partial charge < -0.3 is 5.32 Å². The number of hydrogen-bond donors (Lipinski definition) is 1.